The van der Waals surface area contributed by atoms with Crippen LogP contribution in [0.1, 0.15) is 32.1 Å². The third-order valence-electron chi connectivity index (χ3n) is 3.07. The number of carboxylic acid groups (broad SMARTS) is 1. The summed E-state index contributed by atoms with van der Waals surface area (Å²) in [6, 6.07) is 0.424. The molecular formula is C10H20N2O4S. The van der Waals surface area contributed by atoms with Gasteiger partial charge in [0.25, 0.3) is 0 Å². The Morgan fingerprint density at radius 1 is 1.24 bits per heavy atom. The zero-order valence-electron chi connectivity index (χ0n) is 9.98. The second kappa shape index (κ2) is 6.32. The fourth-order valence-electron chi connectivity index (χ4n) is 2.03. The molecule has 0 unspecified atom stereocenters. The van der Waals surface area contributed by atoms with E-state index in [0.717, 1.165) is 25.7 Å². The highest BCUT2D eigenvalue weighted by Gasteiger charge is 2.24. The molecule has 0 amide bonds. The van der Waals surface area contributed by atoms with Crippen molar-refractivity contribution >= 4 is 16.0 Å². The molecule has 1 rings (SSSR count). The number of aliphatic carboxylic acids is 1. The molecular weight excluding hydrogens is 244 g/mol. The summed E-state index contributed by atoms with van der Waals surface area (Å²) in [6.07, 6.45) is 3.15. The summed E-state index contributed by atoms with van der Waals surface area (Å²) < 4.78 is 25.7. The molecule has 0 spiro atoms. The van der Waals surface area contributed by atoms with Crippen LogP contribution in [0.3, 0.4) is 0 Å². The van der Waals surface area contributed by atoms with Gasteiger partial charge in [0.2, 0.25) is 10.0 Å². The molecule has 0 aliphatic heterocycles. The van der Waals surface area contributed by atoms with E-state index in [2.05, 4.69) is 10.0 Å². The van der Waals surface area contributed by atoms with Crippen LogP contribution in [-0.2, 0) is 14.8 Å². The summed E-state index contributed by atoms with van der Waals surface area (Å²) in [6.45, 7) is 0. The van der Waals surface area contributed by atoms with Gasteiger partial charge in [-0.3, -0.25) is 4.79 Å². The summed E-state index contributed by atoms with van der Waals surface area (Å²) >= 11 is 0. The first-order valence-electron chi connectivity index (χ1n) is 5.82. The van der Waals surface area contributed by atoms with Gasteiger partial charge in [-0.1, -0.05) is 0 Å². The molecule has 0 bridgehead atoms. The van der Waals surface area contributed by atoms with Crippen LogP contribution in [0.2, 0.25) is 0 Å². The molecule has 0 aromatic heterocycles. The topological polar surface area (TPSA) is 95.5 Å². The number of carboxylic acids is 1. The van der Waals surface area contributed by atoms with Crippen LogP contribution in [0.25, 0.3) is 0 Å². The van der Waals surface area contributed by atoms with Crippen LogP contribution in [0.5, 0.6) is 0 Å². The maximum atomic E-state index is 11.6. The molecule has 0 aromatic rings. The summed E-state index contributed by atoms with van der Waals surface area (Å²) in [5, 5.41) is 11.6. The summed E-state index contributed by atoms with van der Waals surface area (Å²) in [5.41, 5.74) is 0. The van der Waals surface area contributed by atoms with Crippen LogP contribution >= 0.6 is 0 Å². The summed E-state index contributed by atoms with van der Waals surface area (Å²) in [5.74, 6) is -1.43. The van der Waals surface area contributed by atoms with E-state index >= 15 is 0 Å². The van der Waals surface area contributed by atoms with Gasteiger partial charge in [0.05, 0.1) is 12.2 Å². The van der Waals surface area contributed by atoms with Crippen LogP contribution in [0, 0.1) is 0 Å². The maximum Gasteiger partial charge on any atom is 0.304 e. The zero-order chi connectivity index (χ0) is 12.9. The Balaban J connectivity index is 2.36. The number of rotatable bonds is 6. The standard InChI is InChI=1S/C10H20N2O4S/c1-11-8-2-4-9(5-3-8)12-17(15,16)7-6-10(13)14/h8-9,11-12H,2-7H2,1H3,(H,13,14). The minimum Gasteiger partial charge on any atom is -0.481 e. The Hall–Kier alpha value is -0.660. The van der Waals surface area contributed by atoms with E-state index in [0.29, 0.717) is 6.04 Å². The Morgan fingerprint density at radius 2 is 1.76 bits per heavy atom. The number of sulfonamides is 1. The van der Waals surface area contributed by atoms with Gasteiger partial charge in [-0.2, -0.15) is 0 Å². The minimum atomic E-state index is -3.45. The molecule has 0 heterocycles. The van der Waals surface area contributed by atoms with E-state index in [9.17, 15) is 13.2 Å². The van der Waals surface area contributed by atoms with Gasteiger partial charge >= 0.3 is 5.97 Å². The summed E-state index contributed by atoms with van der Waals surface area (Å²) in [4.78, 5) is 10.3. The van der Waals surface area contributed by atoms with Crippen molar-refractivity contribution in [3.8, 4) is 0 Å². The molecule has 1 fully saturated rings. The van der Waals surface area contributed by atoms with Crippen molar-refractivity contribution in [1.82, 2.24) is 10.0 Å². The smallest absolute Gasteiger partial charge is 0.304 e. The van der Waals surface area contributed by atoms with Gasteiger partial charge in [0.15, 0.2) is 0 Å². The van der Waals surface area contributed by atoms with Crippen molar-refractivity contribution < 1.29 is 18.3 Å². The largest absolute Gasteiger partial charge is 0.481 e. The molecule has 3 N–H and O–H groups in total. The highest BCUT2D eigenvalue weighted by Crippen LogP contribution is 2.18. The highest BCUT2D eigenvalue weighted by molar-refractivity contribution is 7.89. The zero-order valence-corrected chi connectivity index (χ0v) is 10.8. The number of carbonyl (C=O) groups is 1. The molecule has 7 heteroatoms. The van der Waals surface area contributed by atoms with Crippen molar-refractivity contribution in [2.45, 2.75) is 44.2 Å². The Morgan fingerprint density at radius 3 is 2.24 bits per heavy atom. The second-order valence-electron chi connectivity index (χ2n) is 4.42. The van der Waals surface area contributed by atoms with Crippen molar-refractivity contribution in [2.24, 2.45) is 0 Å². The molecule has 0 atom stereocenters. The van der Waals surface area contributed by atoms with Gasteiger partial charge in [-0.25, -0.2) is 13.1 Å². The number of nitrogens with one attached hydrogen (secondary N) is 2. The Kier molecular flexibility index (Phi) is 5.35. The van der Waals surface area contributed by atoms with E-state index < -0.39 is 16.0 Å². The normalized spacial score (nSPS) is 25.7. The van der Waals surface area contributed by atoms with Crippen LogP contribution in [-0.4, -0.2) is 44.4 Å². The Labute approximate surface area is 102 Å². The van der Waals surface area contributed by atoms with E-state index in [-0.39, 0.29) is 18.2 Å². The third kappa shape index (κ3) is 5.47. The average Bonchev–Trinajstić information content (AvgIpc) is 2.27. The monoisotopic (exact) mass is 264 g/mol. The molecule has 1 aliphatic rings. The lowest BCUT2D eigenvalue weighted by atomic mass is 9.92. The van der Waals surface area contributed by atoms with Crippen LogP contribution < -0.4 is 10.0 Å². The second-order valence-corrected chi connectivity index (χ2v) is 6.29. The quantitative estimate of drug-likeness (QED) is 0.623. The number of hydrogen-bond donors (Lipinski definition) is 3. The van der Waals surface area contributed by atoms with Crippen molar-refractivity contribution in [3.05, 3.63) is 0 Å². The fraction of sp³-hybridized carbons (Fsp3) is 0.900. The maximum absolute atomic E-state index is 11.6. The minimum absolute atomic E-state index is 0.0432. The molecule has 100 valence electrons. The Bertz CT molecular complexity index is 347. The van der Waals surface area contributed by atoms with Crippen LogP contribution in [0.15, 0.2) is 0 Å². The first-order chi connectivity index (χ1) is 7.93. The first-order valence-corrected chi connectivity index (χ1v) is 7.47. The SMILES string of the molecule is CNC1CCC(NS(=O)(=O)CCC(=O)O)CC1. The molecule has 0 saturated heterocycles. The molecule has 1 aliphatic carbocycles. The number of hydrogen-bond acceptors (Lipinski definition) is 4. The fourth-order valence-corrected chi connectivity index (χ4v) is 3.34. The molecule has 1 saturated carbocycles. The molecule has 17 heavy (non-hydrogen) atoms. The van der Waals surface area contributed by atoms with Crippen molar-refractivity contribution in [2.75, 3.05) is 12.8 Å². The predicted octanol–water partition coefficient (Wildman–Crippen LogP) is -0.0889. The van der Waals surface area contributed by atoms with Gasteiger partial charge in [0.1, 0.15) is 0 Å². The lowest BCUT2D eigenvalue weighted by Crippen LogP contribution is -2.42. The molecule has 0 radical (unpaired) electrons. The molecule has 0 aromatic carbocycles. The molecule has 6 nitrogen and oxygen atoms in total. The van der Waals surface area contributed by atoms with Gasteiger partial charge < -0.3 is 10.4 Å². The van der Waals surface area contributed by atoms with Crippen molar-refractivity contribution in [3.63, 3.8) is 0 Å². The van der Waals surface area contributed by atoms with Gasteiger partial charge in [0, 0.05) is 12.1 Å². The van der Waals surface area contributed by atoms with E-state index in [1.807, 2.05) is 7.05 Å². The lowest BCUT2D eigenvalue weighted by Gasteiger charge is -2.28. The average molecular weight is 264 g/mol. The van der Waals surface area contributed by atoms with Gasteiger partial charge in [-0.05, 0) is 32.7 Å². The third-order valence-corrected chi connectivity index (χ3v) is 4.50. The van der Waals surface area contributed by atoms with Crippen LogP contribution in [0.4, 0.5) is 0 Å². The van der Waals surface area contributed by atoms with Crippen molar-refractivity contribution in [1.29, 1.82) is 0 Å². The van der Waals surface area contributed by atoms with Gasteiger partial charge in [-0.15, -0.1) is 0 Å². The van der Waals surface area contributed by atoms with E-state index in [1.54, 1.807) is 0 Å². The first kappa shape index (κ1) is 14.4. The highest BCUT2D eigenvalue weighted by atomic mass is 32.2. The van der Waals surface area contributed by atoms with E-state index in [1.165, 1.54) is 0 Å². The lowest BCUT2D eigenvalue weighted by molar-refractivity contribution is -0.136. The summed E-state index contributed by atoms with van der Waals surface area (Å²) in [7, 11) is -1.55. The van der Waals surface area contributed by atoms with E-state index in [4.69, 9.17) is 5.11 Å². The predicted molar refractivity (Wildman–Crippen MR) is 64.3 cm³/mol.